The van der Waals surface area contributed by atoms with E-state index in [9.17, 15) is 17.6 Å². The molecule has 3 rings (SSSR count). The number of carbonyl (C=O) groups is 1. The van der Waals surface area contributed by atoms with Crippen molar-refractivity contribution in [3.63, 3.8) is 0 Å². The lowest BCUT2D eigenvalue weighted by molar-refractivity contribution is -0.134. The number of halogens is 1. The zero-order chi connectivity index (χ0) is 18.7. The third-order valence-corrected chi connectivity index (χ3v) is 6.97. The molecule has 0 saturated carbocycles. The van der Waals surface area contributed by atoms with Crippen molar-refractivity contribution >= 4 is 21.8 Å². The quantitative estimate of drug-likeness (QED) is 0.582. The van der Waals surface area contributed by atoms with Crippen molar-refractivity contribution in [1.82, 2.24) is 14.1 Å². The first kappa shape index (κ1) is 19.0. The van der Waals surface area contributed by atoms with Crippen LogP contribution in [-0.4, -0.2) is 66.9 Å². The molecule has 1 unspecified atom stereocenters. The van der Waals surface area contributed by atoms with E-state index in [0.717, 1.165) is 12.1 Å². The molecule has 0 aliphatic carbocycles. The number of hydroxylamine groups is 1. The van der Waals surface area contributed by atoms with Gasteiger partial charge in [0.15, 0.2) is 0 Å². The van der Waals surface area contributed by atoms with Crippen molar-refractivity contribution in [3.05, 3.63) is 30.1 Å². The molecule has 2 aliphatic rings. The van der Waals surface area contributed by atoms with Crippen LogP contribution in [0.3, 0.4) is 0 Å². The van der Waals surface area contributed by atoms with E-state index >= 15 is 0 Å². The van der Waals surface area contributed by atoms with Gasteiger partial charge in [-0.25, -0.2) is 9.87 Å². The molecule has 2 fully saturated rings. The SMILES string of the molecule is O=C(NO)C1CCCCN1S(=O)(=O)N1CCN(c2ccc(F)cc2)CC1. The van der Waals surface area contributed by atoms with Gasteiger partial charge in [-0.1, -0.05) is 6.42 Å². The van der Waals surface area contributed by atoms with Gasteiger partial charge in [-0.3, -0.25) is 10.0 Å². The summed E-state index contributed by atoms with van der Waals surface area (Å²) in [6.07, 6.45) is 1.81. The van der Waals surface area contributed by atoms with E-state index in [1.54, 1.807) is 17.6 Å². The van der Waals surface area contributed by atoms with E-state index in [1.165, 1.54) is 20.7 Å². The minimum atomic E-state index is -3.79. The second kappa shape index (κ2) is 7.87. The molecule has 2 saturated heterocycles. The minimum absolute atomic E-state index is 0.262. The maximum Gasteiger partial charge on any atom is 0.282 e. The standard InChI is InChI=1S/C16H23FN4O4S/c17-13-4-6-14(7-5-13)19-9-11-20(12-10-19)26(24,25)21-8-2-1-3-15(21)16(22)18-23/h4-7,15,23H,1-3,8-12H2,(H,18,22). The second-order valence-electron chi connectivity index (χ2n) is 6.47. The smallest absolute Gasteiger partial charge is 0.282 e. The molecular formula is C16H23FN4O4S. The van der Waals surface area contributed by atoms with Crippen LogP contribution in [0.5, 0.6) is 0 Å². The topological polar surface area (TPSA) is 93.2 Å². The van der Waals surface area contributed by atoms with E-state index in [-0.39, 0.29) is 25.5 Å². The Morgan fingerprint density at radius 1 is 1.08 bits per heavy atom. The predicted octanol–water partition coefficient (Wildman–Crippen LogP) is 0.552. The highest BCUT2D eigenvalue weighted by molar-refractivity contribution is 7.86. The molecule has 1 amide bonds. The van der Waals surface area contributed by atoms with Crippen LogP contribution in [0.15, 0.2) is 24.3 Å². The van der Waals surface area contributed by atoms with Crippen molar-refractivity contribution < 1.29 is 22.8 Å². The molecule has 0 bridgehead atoms. The fourth-order valence-corrected chi connectivity index (χ4v) is 5.30. The fraction of sp³-hybridized carbons (Fsp3) is 0.562. The number of piperidine rings is 1. The van der Waals surface area contributed by atoms with E-state index in [4.69, 9.17) is 5.21 Å². The number of carbonyl (C=O) groups excluding carboxylic acids is 1. The van der Waals surface area contributed by atoms with Gasteiger partial charge in [-0.2, -0.15) is 17.0 Å². The first-order valence-corrected chi connectivity index (χ1v) is 10.0. The van der Waals surface area contributed by atoms with Gasteiger partial charge in [0, 0.05) is 38.4 Å². The van der Waals surface area contributed by atoms with Gasteiger partial charge in [0.25, 0.3) is 16.1 Å². The van der Waals surface area contributed by atoms with Crippen LogP contribution >= 0.6 is 0 Å². The van der Waals surface area contributed by atoms with Gasteiger partial charge in [-0.15, -0.1) is 0 Å². The van der Waals surface area contributed by atoms with Gasteiger partial charge >= 0.3 is 0 Å². The first-order valence-electron chi connectivity index (χ1n) is 8.65. The molecule has 0 spiro atoms. The second-order valence-corrected chi connectivity index (χ2v) is 8.35. The Balaban J connectivity index is 1.69. The molecule has 26 heavy (non-hydrogen) atoms. The summed E-state index contributed by atoms with van der Waals surface area (Å²) in [5.41, 5.74) is 2.42. The lowest BCUT2D eigenvalue weighted by atomic mass is 10.0. The number of hydrogen-bond acceptors (Lipinski definition) is 5. The minimum Gasteiger partial charge on any atom is -0.369 e. The summed E-state index contributed by atoms with van der Waals surface area (Å²) in [5.74, 6) is -1.01. The highest BCUT2D eigenvalue weighted by Crippen LogP contribution is 2.25. The summed E-state index contributed by atoms with van der Waals surface area (Å²) in [6.45, 7) is 1.79. The Labute approximate surface area is 152 Å². The van der Waals surface area contributed by atoms with Crippen molar-refractivity contribution in [1.29, 1.82) is 0 Å². The number of piperazine rings is 1. The summed E-state index contributed by atoms with van der Waals surface area (Å²) >= 11 is 0. The Hall–Kier alpha value is -1.75. The lowest BCUT2D eigenvalue weighted by Crippen LogP contribution is -2.58. The molecule has 0 radical (unpaired) electrons. The fourth-order valence-electron chi connectivity index (χ4n) is 3.49. The van der Waals surface area contributed by atoms with Gasteiger partial charge < -0.3 is 4.90 Å². The Kier molecular flexibility index (Phi) is 5.76. The molecule has 2 aliphatic heterocycles. The molecule has 1 atom stereocenters. The van der Waals surface area contributed by atoms with Crippen molar-refractivity contribution in [2.24, 2.45) is 0 Å². The number of rotatable bonds is 4. The maximum absolute atomic E-state index is 13.0. The van der Waals surface area contributed by atoms with Crippen molar-refractivity contribution in [3.8, 4) is 0 Å². The molecule has 144 valence electrons. The van der Waals surface area contributed by atoms with E-state index in [1.807, 2.05) is 4.90 Å². The van der Waals surface area contributed by atoms with Crippen LogP contribution in [0.1, 0.15) is 19.3 Å². The third-order valence-electron chi connectivity index (χ3n) is 4.92. The zero-order valence-corrected chi connectivity index (χ0v) is 15.2. The molecule has 1 aromatic carbocycles. The van der Waals surface area contributed by atoms with Crippen LogP contribution in [0, 0.1) is 5.82 Å². The Bertz CT molecular complexity index is 735. The summed E-state index contributed by atoms with van der Waals surface area (Å²) in [5, 5.41) is 8.89. The van der Waals surface area contributed by atoms with Gasteiger partial charge in [0.1, 0.15) is 11.9 Å². The van der Waals surface area contributed by atoms with Crippen LogP contribution in [0.2, 0.25) is 0 Å². The van der Waals surface area contributed by atoms with Crippen LogP contribution < -0.4 is 10.4 Å². The highest BCUT2D eigenvalue weighted by Gasteiger charge is 2.40. The number of hydrogen-bond donors (Lipinski definition) is 2. The Morgan fingerprint density at radius 2 is 1.73 bits per heavy atom. The van der Waals surface area contributed by atoms with Gasteiger partial charge in [0.05, 0.1) is 0 Å². The van der Waals surface area contributed by atoms with Crippen LogP contribution in [-0.2, 0) is 15.0 Å². The monoisotopic (exact) mass is 386 g/mol. The maximum atomic E-state index is 13.0. The van der Waals surface area contributed by atoms with Crippen molar-refractivity contribution in [2.75, 3.05) is 37.6 Å². The van der Waals surface area contributed by atoms with Crippen molar-refractivity contribution in [2.45, 2.75) is 25.3 Å². The lowest BCUT2D eigenvalue weighted by Gasteiger charge is -2.40. The molecule has 10 heteroatoms. The molecule has 2 N–H and O–H groups in total. The summed E-state index contributed by atoms with van der Waals surface area (Å²) in [4.78, 5) is 13.8. The number of amides is 1. The van der Waals surface area contributed by atoms with Crippen LogP contribution in [0.25, 0.3) is 0 Å². The average Bonchev–Trinajstić information content (AvgIpc) is 2.68. The molecule has 8 nitrogen and oxygen atoms in total. The predicted molar refractivity (Wildman–Crippen MR) is 93.4 cm³/mol. The number of anilines is 1. The van der Waals surface area contributed by atoms with E-state index < -0.39 is 22.2 Å². The zero-order valence-electron chi connectivity index (χ0n) is 14.3. The van der Waals surface area contributed by atoms with Gasteiger partial charge in [0.2, 0.25) is 0 Å². The molecular weight excluding hydrogens is 363 g/mol. The summed E-state index contributed by atoms with van der Waals surface area (Å²) in [6, 6.07) is 5.22. The molecule has 1 aromatic rings. The third kappa shape index (κ3) is 3.83. The Morgan fingerprint density at radius 3 is 2.35 bits per heavy atom. The van der Waals surface area contributed by atoms with E-state index in [0.29, 0.717) is 25.9 Å². The summed E-state index contributed by atoms with van der Waals surface area (Å²) in [7, 11) is -3.79. The highest BCUT2D eigenvalue weighted by atomic mass is 32.2. The normalized spacial score (nSPS) is 23.0. The molecule has 0 aromatic heterocycles. The average molecular weight is 386 g/mol. The number of nitrogens with zero attached hydrogens (tertiary/aromatic N) is 3. The largest absolute Gasteiger partial charge is 0.369 e. The number of nitrogens with one attached hydrogen (secondary N) is 1. The molecule has 2 heterocycles. The summed E-state index contributed by atoms with van der Waals surface area (Å²) < 4.78 is 41.6. The van der Waals surface area contributed by atoms with Crippen LogP contribution in [0.4, 0.5) is 10.1 Å². The van der Waals surface area contributed by atoms with Gasteiger partial charge in [-0.05, 0) is 37.1 Å². The van der Waals surface area contributed by atoms with E-state index in [2.05, 4.69) is 0 Å². The number of benzene rings is 1. The first-order chi connectivity index (χ1) is 12.4.